The largest absolute Gasteiger partial charge is 0.493 e. The maximum Gasteiger partial charge on any atom is 0.274 e. The van der Waals surface area contributed by atoms with Crippen LogP contribution >= 0.6 is 0 Å². The molecule has 122 valence electrons. The monoisotopic (exact) mass is 317 g/mol. The molecule has 2 aromatic rings. The minimum absolute atomic E-state index is 0.227. The third-order valence-electron chi connectivity index (χ3n) is 3.32. The highest BCUT2D eigenvalue weighted by Crippen LogP contribution is 2.40. The van der Waals surface area contributed by atoms with E-state index in [0.29, 0.717) is 23.8 Å². The van der Waals surface area contributed by atoms with Crippen LogP contribution in [0, 0.1) is 0 Å². The van der Waals surface area contributed by atoms with Gasteiger partial charge in [0.05, 0.1) is 27.5 Å². The number of carbonyl (C=O) groups excluding carboxylic acids is 1. The first-order valence-corrected chi connectivity index (χ1v) is 6.91. The fourth-order valence-electron chi connectivity index (χ4n) is 2.22. The van der Waals surface area contributed by atoms with Crippen LogP contribution in [-0.2, 0) is 6.54 Å². The van der Waals surface area contributed by atoms with Crippen LogP contribution in [-0.4, -0.2) is 49.2 Å². The Morgan fingerprint density at radius 3 is 2.39 bits per heavy atom. The van der Waals surface area contributed by atoms with Crippen LogP contribution in [0.5, 0.6) is 17.2 Å². The van der Waals surface area contributed by atoms with Gasteiger partial charge in [0.1, 0.15) is 5.69 Å². The predicted molar refractivity (Wildman–Crippen MR) is 83.9 cm³/mol. The summed E-state index contributed by atoms with van der Waals surface area (Å²) in [5, 5.41) is 0. The van der Waals surface area contributed by atoms with Crippen molar-refractivity contribution < 1.29 is 19.0 Å². The molecule has 0 unspecified atom stereocenters. The highest BCUT2D eigenvalue weighted by molar-refractivity contribution is 5.91. The summed E-state index contributed by atoms with van der Waals surface area (Å²) < 4.78 is 16.0. The number of benzene rings is 1. The van der Waals surface area contributed by atoms with Crippen molar-refractivity contribution in [1.29, 1.82) is 0 Å². The molecule has 1 aromatic carbocycles. The van der Waals surface area contributed by atoms with E-state index < -0.39 is 0 Å². The molecule has 0 spiro atoms. The van der Waals surface area contributed by atoms with Gasteiger partial charge in [-0.25, -0.2) is 4.98 Å². The molecule has 0 aliphatic rings. The van der Waals surface area contributed by atoms with Gasteiger partial charge in [0.15, 0.2) is 11.5 Å². The standard InChI is InChI=1S/C16H19N3O4/c1-19(16(20)12-9-17-7-8-18-12)10-11-5-6-13(21-2)15(23-4)14(11)22-3/h5-9H,10H2,1-4H3. The van der Waals surface area contributed by atoms with E-state index in [2.05, 4.69) is 9.97 Å². The van der Waals surface area contributed by atoms with E-state index in [0.717, 1.165) is 5.56 Å². The van der Waals surface area contributed by atoms with Crippen LogP contribution < -0.4 is 14.2 Å². The number of carbonyl (C=O) groups is 1. The molecule has 7 heteroatoms. The number of amides is 1. The molecule has 0 saturated heterocycles. The minimum Gasteiger partial charge on any atom is -0.493 e. The van der Waals surface area contributed by atoms with Crippen molar-refractivity contribution in [2.24, 2.45) is 0 Å². The van der Waals surface area contributed by atoms with Gasteiger partial charge in [0.2, 0.25) is 5.75 Å². The molecule has 7 nitrogen and oxygen atoms in total. The fraction of sp³-hybridized carbons (Fsp3) is 0.312. The molecule has 0 fully saturated rings. The average molecular weight is 317 g/mol. The molecule has 1 heterocycles. The van der Waals surface area contributed by atoms with Crippen molar-refractivity contribution in [3.63, 3.8) is 0 Å². The van der Waals surface area contributed by atoms with Crippen molar-refractivity contribution in [2.45, 2.75) is 6.54 Å². The Labute approximate surface area is 134 Å². The van der Waals surface area contributed by atoms with E-state index in [1.807, 2.05) is 6.07 Å². The molecule has 2 rings (SSSR count). The molecule has 0 aliphatic heterocycles. The minimum atomic E-state index is -0.227. The molecule has 0 N–H and O–H groups in total. The first-order valence-electron chi connectivity index (χ1n) is 6.91. The normalized spacial score (nSPS) is 10.1. The smallest absolute Gasteiger partial charge is 0.274 e. The zero-order valence-corrected chi connectivity index (χ0v) is 13.6. The summed E-state index contributed by atoms with van der Waals surface area (Å²) in [4.78, 5) is 21.8. The number of rotatable bonds is 6. The van der Waals surface area contributed by atoms with E-state index >= 15 is 0 Å². The van der Waals surface area contributed by atoms with Crippen LogP contribution in [0.15, 0.2) is 30.7 Å². The highest BCUT2D eigenvalue weighted by atomic mass is 16.5. The Kier molecular flexibility index (Phi) is 5.35. The number of hydrogen-bond acceptors (Lipinski definition) is 6. The lowest BCUT2D eigenvalue weighted by Crippen LogP contribution is -2.27. The Bertz CT molecular complexity index is 677. The Morgan fingerprint density at radius 1 is 1.09 bits per heavy atom. The molecule has 0 radical (unpaired) electrons. The molecule has 1 amide bonds. The van der Waals surface area contributed by atoms with Crippen LogP contribution in [0.4, 0.5) is 0 Å². The Hall–Kier alpha value is -2.83. The molecule has 0 saturated carbocycles. The van der Waals surface area contributed by atoms with Crippen molar-refractivity contribution in [3.05, 3.63) is 42.0 Å². The van der Waals surface area contributed by atoms with Gasteiger partial charge in [-0.1, -0.05) is 0 Å². The van der Waals surface area contributed by atoms with E-state index in [4.69, 9.17) is 14.2 Å². The number of aromatic nitrogens is 2. The molecular weight excluding hydrogens is 298 g/mol. The number of nitrogens with zero attached hydrogens (tertiary/aromatic N) is 3. The summed E-state index contributed by atoms with van der Waals surface area (Å²) in [7, 11) is 6.33. The van der Waals surface area contributed by atoms with Crippen molar-refractivity contribution in [2.75, 3.05) is 28.4 Å². The average Bonchev–Trinajstić information content (AvgIpc) is 2.61. The summed E-state index contributed by atoms with van der Waals surface area (Å²) in [5.74, 6) is 1.37. The summed E-state index contributed by atoms with van der Waals surface area (Å²) >= 11 is 0. The van der Waals surface area contributed by atoms with Crippen molar-refractivity contribution in [3.8, 4) is 17.2 Å². The summed E-state index contributed by atoms with van der Waals surface area (Å²) in [6.45, 7) is 0.332. The molecule has 23 heavy (non-hydrogen) atoms. The van der Waals surface area contributed by atoms with Gasteiger partial charge in [0.25, 0.3) is 5.91 Å². The SMILES string of the molecule is COc1ccc(CN(C)C(=O)c2cnccn2)c(OC)c1OC. The maximum absolute atomic E-state index is 12.4. The van der Waals surface area contributed by atoms with Gasteiger partial charge in [0, 0.05) is 31.5 Å². The zero-order valence-electron chi connectivity index (χ0n) is 13.6. The topological polar surface area (TPSA) is 73.8 Å². The molecule has 0 aliphatic carbocycles. The maximum atomic E-state index is 12.4. The summed E-state index contributed by atoms with van der Waals surface area (Å²) in [6.07, 6.45) is 4.44. The molecule has 0 bridgehead atoms. The van der Waals surface area contributed by atoms with Crippen molar-refractivity contribution >= 4 is 5.91 Å². The van der Waals surface area contributed by atoms with E-state index in [9.17, 15) is 4.79 Å². The van der Waals surface area contributed by atoms with Gasteiger partial charge < -0.3 is 19.1 Å². The van der Waals surface area contributed by atoms with E-state index in [-0.39, 0.29) is 11.6 Å². The Morgan fingerprint density at radius 2 is 1.83 bits per heavy atom. The lowest BCUT2D eigenvalue weighted by atomic mass is 10.1. The summed E-state index contributed by atoms with van der Waals surface area (Å²) in [6, 6.07) is 3.61. The highest BCUT2D eigenvalue weighted by Gasteiger charge is 2.19. The molecule has 1 aromatic heterocycles. The van der Waals surface area contributed by atoms with Gasteiger partial charge in [-0.2, -0.15) is 0 Å². The fourth-order valence-corrected chi connectivity index (χ4v) is 2.22. The number of methoxy groups -OCH3 is 3. The predicted octanol–water partition coefficient (Wildman–Crippen LogP) is 1.77. The first kappa shape index (κ1) is 16.5. The van der Waals surface area contributed by atoms with Crippen molar-refractivity contribution in [1.82, 2.24) is 14.9 Å². The van der Waals surface area contributed by atoms with Gasteiger partial charge in [-0.05, 0) is 12.1 Å². The quantitative estimate of drug-likeness (QED) is 0.808. The second kappa shape index (κ2) is 7.44. The number of ether oxygens (including phenoxy) is 3. The first-order chi connectivity index (χ1) is 11.1. The van der Waals surface area contributed by atoms with Gasteiger partial charge >= 0.3 is 0 Å². The van der Waals surface area contributed by atoms with E-state index in [1.54, 1.807) is 34.4 Å². The van der Waals surface area contributed by atoms with Crippen LogP contribution in [0.3, 0.4) is 0 Å². The molecular formula is C16H19N3O4. The third-order valence-corrected chi connectivity index (χ3v) is 3.32. The lowest BCUT2D eigenvalue weighted by Gasteiger charge is -2.20. The third kappa shape index (κ3) is 3.50. The zero-order chi connectivity index (χ0) is 16.8. The van der Waals surface area contributed by atoms with Crippen LogP contribution in [0.1, 0.15) is 16.1 Å². The van der Waals surface area contributed by atoms with Gasteiger partial charge in [-0.3, -0.25) is 9.78 Å². The molecule has 0 atom stereocenters. The summed E-state index contributed by atoms with van der Waals surface area (Å²) in [5.41, 5.74) is 1.08. The van der Waals surface area contributed by atoms with Gasteiger partial charge in [-0.15, -0.1) is 0 Å². The lowest BCUT2D eigenvalue weighted by molar-refractivity contribution is 0.0777. The second-order valence-corrected chi connectivity index (χ2v) is 4.75. The Balaban J connectivity index is 2.27. The van der Waals surface area contributed by atoms with Crippen LogP contribution in [0.2, 0.25) is 0 Å². The number of hydrogen-bond donors (Lipinski definition) is 0. The van der Waals surface area contributed by atoms with Crippen LogP contribution in [0.25, 0.3) is 0 Å². The van der Waals surface area contributed by atoms with E-state index in [1.165, 1.54) is 23.5 Å². The second-order valence-electron chi connectivity index (χ2n) is 4.75.